The molecule has 0 aliphatic carbocycles. The van der Waals surface area contributed by atoms with Crippen LogP contribution in [0.5, 0.6) is 0 Å². The molecule has 0 spiro atoms. The Labute approximate surface area is 125 Å². The Kier molecular flexibility index (Phi) is 3.81. The van der Waals surface area contributed by atoms with Gasteiger partial charge in [0, 0.05) is 0 Å². The monoisotopic (exact) mass is 286 g/mol. The first kappa shape index (κ1) is 14.3. The summed E-state index contributed by atoms with van der Waals surface area (Å²) in [5, 5.41) is 0. The molecule has 2 fully saturated rings. The number of carbonyl (C=O) groups is 2. The van der Waals surface area contributed by atoms with E-state index in [2.05, 4.69) is 4.90 Å². The van der Waals surface area contributed by atoms with Gasteiger partial charge in [0.05, 0.1) is 18.2 Å². The quantitative estimate of drug-likeness (QED) is 0.784. The fourth-order valence-corrected chi connectivity index (χ4v) is 3.44. The summed E-state index contributed by atoms with van der Waals surface area (Å²) >= 11 is 0. The molecule has 1 aromatic carbocycles. The molecule has 3 rings (SSSR count). The number of anilines is 1. The third kappa shape index (κ3) is 2.60. The zero-order chi connectivity index (χ0) is 15.0. The van der Waals surface area contributed by atoms with Crippen LogP contribution in [0, 0.1) is 13.8 Å². The van der Waals surface area contributed by atoms with Crippen molar-refractivity contribution < 1.29 is 9.59 Å². The van der Waals surface area contributed by atoms with Crippen molar-refractivity contribution in [2.45, 2.75) is 45.6 Å². The average molecular weight is 286 g/mol. The smallest absolute Gasteiger partial charge is 0.251 e. The second-order valence-corrected chi connectivity index (χ2v) is 6.17. The van der Waals surface area contributed by atoms with Gasteiger partial charge in [0.15, 0.2) is 0 Å². The number of aryl methyl sites for hydroxylation is 2. The van der Waals surface area contributed by atoms with Crippen LogP contribution < -0.4 is 4.90 Å². The lowest BCUT2D eigenvalue weighted by Gasteiger charge is -2.30. The highest BCUT2D eigenvalue weighted by molar-refractivity contribution is 6.22. The summed E-state index contributed by atoms with van der Waals surface area (Å²) in [6.45, 7) is 5.84. The molecule has 0 radical (unpaired) electrons. The Morgan fingerprint density at radius 1 is 1.05 bits per heavy atom. The molecule has 0 N–H and O–H groups in total. The number of amides is 2. The van der Waals surface area contributed by atoms with E-state index in [9.17, 15) is 9.59 Å². The SMILES string of the molecule is Cc1ccc(N2C(=O)C[C@H](N3CCCCC3)C2=O)c(C)c1. The summed E-state index contributed by atoms with van der Waals surface area (Å²) < 4.78 is 0. The van der Waals surface area contributed by atoms with Crippen LogP contribution in [0.2, 0.25) is 0 Å². The van der Waals surface area contributed by atoms with E-state index in [1.165, 1.54) is 11.3 Å². The number of rotatable bonds is 2. The van der Waals surface area contributed by atoms with Crippen LogP contribution in [0.3, 0.4) is 0 Å². The van der Waals surface area contributed by atoms with Gasteiger partial charge in [0.25, 0.3) is 5.91 Å². The minimum atomic E-state index is -0.251. The maximum Gasteiger partial charge on any atom is 0.251 e. The Balaban J connectivity index is 1.86. The molecule has 2 aliphatic heterocycles. The van der Waals surface area contributed by atoms with Gasteiger partial charge in [-0.05, 0) is 51.4 Å². The normalized spacial score (nSPS) is 23.9. The Bertz CT molecular complexity index is 576. The number of benzene rings is 1. The fourth-order valence-electron chi connectivity index (χ4n) is 3.44. The minimum absolute atomic E-state index is 0.0474. The van der Waals surface area contributed by atoms with E-state index in [1.807, 2.05) is 32.0 Å². The Morgan fingerprint density at radius 2 is 1.76 bits per heavy atom. The number of likely N-dealkylation sites (tertiary alicyclic amines) is 1. The first-order valence-electron chi connectivity index (χ1n) is 7.76. The molecular weight excluding hydrogens is 264 g/mol. The van der Waals surface area contributed by atoms with Gasteiger partial charge in [0.1, 0.15) is 0 Å². The lowest BCUT2D eigenvalue weighted by atomic mass is 10.1. The van der Waals surface area contributed by atoms with Crippen LogP contribution in [0.4, 0.5) is 5.69 Å². The molecule has 4 nitrogen and oxygen atoms in total. The first-order chi connectivity index (χ1) is 10.1. The number of carbonyl (C=O) groups excluding carboxylic acids is 2. The van der Waals surface area contributed by atoms with Crippen molar-refractivity contribution in [3.8, 4) is 0 Å². The van der Waals surface area contributed by atoms with Gasteiger partial charge in [-0.15, -0.1) is 0 Å². The van der Waals surface area contributed by atoms with E-state index in [-0.39, 0.29) is 17.9 Å². The highest BCUT2D eigenvalue weighted by atomic mass is 16.2. The predicted octanol–water partition coefficient (Wildman–Crippen LogP) is 2.42. The number of imide groups is 1. The standard InChI is InChI=1S/C17H22N2O2/c1-12-6-7-14(13(2)10-12)19-16(20)11-15(17(19)21)18-8-4-3-5-9-18/h6-7,10,15H,3-5,8-9,11H2,1-2H3/t15-/m0/s1. The van der Waals surface area contributed by atoms with Gasteiger partial charge in [-0.3, -0.25) is 14.5 Å². The van der Waals surface area contributed by atoms with E-state index in [0.717, 1.165) is 42.7 Å². The second-order valence-electron chi connectivity index (χ2n) is 6.17. The number of piperidine rings is 1. The van der Waals surface area contributed by atoms with E-state index in [4.69, 9.17) is 0 Å². The largest absolute Gasteiger partial charge is 0.292 e. The highest BCUT2D eigenvalue weighted by Crippen LogP contribution is 2.29. The summed E-state index contributed by atoms with van der Waals surface area (Å²) in [4.78, 5) is 28.7. The van der Waals surface area contributed by atoms with Crippen molar-refractivity contribution in [2.24, 2.45) is 0 Å². The summed E-state index contributed by atoms with van der Waals surface area (Å²) in [6, 6.07) is 5.61. The molecule has 0 unspecified atom stereocenters. The Morgan fingerprint density at radius 3 is 2.43 bits per heavy atom. The first-order valence-corrected chi connectivity index (χ1v) is 7.76. The summed E-state index contributed by atoms with van der Waals surface area (Å²) in [5.41, 5.74) is 2.87. The van der Waals surface area contributed by atoms with Crippen LogP contribution in [0.15, 0.2) is 18.2 Å². The van der Waals surface area contributed by atoms with E-state index in [1.54, 1.807) is 0 Å². The summed E-state index contributed by atoms with van der Waals surface area (Å²) in [7, 11) is 0. The number of hydrogen-bond donors (Lipinski definition) is 0. The Hall–Kier alpha value is -1.68. The summed E-state index contributed by atoms with van der Waals surface area (Å²) in [5.74, 6) is -0.114. The molecule has 1 atom stereocenters. The van der Waals surface area contributed by atoms with Crippen molar-refractivity contribution >= 4 is 17.5 Å². The zero-order valence-electron chi connectivity index (χ0n) is 12.8. The maximum atomic E-state index is 12.7. The molecule has 1 aromatic rings. The summed E-state index contributed by atoms with van der Waals surface area (Å²) in [6.07, 6.45) is 3.81. The van der Waals surface area contributed by atoms with Crippen molar-refractivity contribution in [2.75, 3.05) is 18.0 Å². The molecule has 21 heavy (non-hydrogen) atoms. The van der Waals surface area contributed by atoms with Crippen molar-refractivity contribution in [3.05, 3.63) is 29.3 Å². The van der Waals surface area contributed by atoms with Gasteiger partial charge in [0.2, 0.25) is 5.91 Å². The third-order valence-electron chi connectivity index (χ3n) is 4.55. The molecule has 2 saturated heterocycles. The molecule has 0 aromatic heterocycles. The maximum absolute atomic E-state index is 12.7. The molecule has 0 bridgehead atoms. The minimum Gasteiger partial charge on any atom is -0.292 e. The molecule has 112 valence electrons. The molecule has 2 aliphatic rings. The van der Waals surface area contributed by atoms with E-state index >= 15 is 0 Å². The van der Waals surface area contributed by atoms with E-state index < -0.39 is 0 Å². The highest BCUT2D eigenvalue weighted by Gasteiger charge is 2.43. The molecule has 2 amide bonds. The van der Waals surface area contributed by atoms with Gasteiger partial charge < -0.3 is 0 Å². The van der Waals surface area contributed by atoms with Crippen LogP contribution in [0.25, 0.3) is 0 Å². The average Bonchev–Trinajstić information content (AvgIpc) is 2.76. The van der Waals surface area contributed by atoms with E-state index in [0.29, 0.717) is 6.42 Å². The lowest BCUT2D eigenvalue weighted by Crippen LogP contribution is -2.44. The molecular formula is C17H22N2O2. The molecule has 4 heteroatoms. The van der Waals surface area contributed by atoms with Crippen LogP contribution in [-0.2, 0) is 9.59 Å². The topological polar surface area (TPSA) is 40.6 Å². The van der Waals surface area contributed by atoms with Gasteiger partial charge in [-0.25, -0.2) is 4.90 Å². The van der Waals surface area contributed by atoms with Crippen LogP contribution >= 0.6 is 0 Å². The number of nitrogens with zero attached hydrogens (tertiary/aromatic N) is 2. The van der Waals surface area contributed by atoms with Crippen molar-refractivity contribution in [1.82, 2.24) is 4.90 Å². The fraction of sp³-hybridized carbons (Fsp3) is 0.529. The van der Waals surface area contributed by atoms with Gasteiger partial charge in [-0.2, -0.15) is 0 Å². The second kappa shape index (κ2) is 5.60. The number of hydrogen-bond acceptors (Lipinski definition) is 3. The predicted molar refractivity (Wildman–Crippen MR) is 82.2 cm³/mol. The zero-order valence-corrected chi connectivity index (χ0v) is 12.8. The van der Waals surface area contributed by atoms with Gasteiger partial charge in [-0.1, -0.05) is 24.1 Å². The molecule has 2 heterocycles. The lowest BCUT2D eigenvalue weighted by molar-refractivity contribution is -0.123. The third-order valence-corrected chi connectivity index (χ3v) is 4.55. The molecule has 0 saturated carbocycles. The van der Waals surface area contributed by atoms with Crippen LogP contribution in [-0.4, -0.2) is 35.8 Å². The van der Waals surface area contributed by atoms with Gasteiger partial charge >= 0.3 is 0 Å². The van der Waals surface area contributed by atoms with Crippen molar-refractivity contribution in [1.29, 1.82) is 0 Å². The van der Waals surface area contributed by atoms with Crippen LogP contribution in [0.1, 0.15) is 36.8 Å². The van der Waals surface area contributed by atoms with Crippen molar-refractivity contribution in [3.63, 3.8) is 0 Å².